The van der Waals surface area contributed by atoms with Crippen LogP contribution in [-0.2, 0) is 14.8 Å². The molecule has 0 aromatic carbocycles. The molecule has 5 rings (SSSR count). The van der Waals surface area contributed by atoms with Crippen LogP contribution in [0.3, 0.4) is 0 Å². The Labute approximate surface area is 154 Å². The molecule has 8 nitrogen and oxygen atoms in total. The third-order valence-corrected chi connectivity index (χ3v) is 8.92. The van der Waals surface area contributed by atoms with Gasteiger partial charge in [0, 0.05) is 12.1 Å². The largest absolute Gasteiger partial charge is 0.349 e. The SMILES string of the molecule is N#C[C@@H]1CCCN1CC(=O)NC12CC3CC(C1)CC(S(=O)(=O)NN)(C3)C2. The van der Waals surface area contributed by atoms with E-state index in [1.165, 1.54) is 0 Å². The first kappa shape index (κ1) is 18.2. The lowest BCUT2D eigenvalue weighted by Crippen LogP contribution is -2.69. The molecule has 1 aliphatic heterocycles. The Morgan fingerprint density at radius 2 is 1.96 bits per heavy atom. The number of sulfonamides is 1. The summed E-state index contributed by atoms with van der Waals surface area (Å²) in [5.74, 6) is 5.89. The lowest BCUT2D eigenvalue weighted by Gasteiger charge is -2.61. The molecule has 1 heterocycles. The highest BCUT2D eigenvalue weighted by Gasteiger charge is 2.63. The van der Waals surface area contributed by atoms with Gasteiger partial charge in [-0.3, -0.25) is 15.5 Å². The zero-order chi connectivity index (χ0) is 18.6. The van der Waals surface area contributed by atoms with Gasteiger partial charge >= 0.3 is 0 Å². The number of nitrogens with zero attached hydrogens (tertiary/aromatic N) is 2. The van der Waals surface area contributed by atoms with Crippen LogP contribution in [0.4, 0.5) is 0 Å². The van der Waals surface area contributed by atoms with Crippen molar-refractivity contribution in [3.63, 3.8) is 0 Å². The highest BCUT2D eigenvalue weighted by molar-refractivity contribution is 7.90. The second-order valence-electron chi connectivity index (χ2n) is 8.85. The normalized spacial score (nSPS) is 41.9. The molecule has 3 atom stereocenters. The summed E-state index contributed by atoms with van der Waals surface area (Å²) >= 11 is 0. The number of nitriles is 1. The van der Waals surface area contributed by atoms with Gasteiger partial charge in [0.15, 0.2) is 0 Å². The minimum absolute atomic E-state index is 0.0950. The fourth-order valence-electron chi connectivity index (χ4n) is 6.45. The predicted molar refractivity (Wildman–Crippen MR) is 94.7 cm³/mol. The molecule has 4 bridgehead atoms. The molecule has 5 aliphatic rings. The van der Waals surface area contributed by atoms with Crippen LogP contribution in [0.25, 0.3) is 0 Å². The quantitative estimate of drug-likeness (QED) is 0.453. The number of hydrogen-bond acceptors (Lipinski definition) is 6. The molecule has 26 heavy (non-hydrogen) atoms. The Bertz CT molecular complexity index is 732. The Hall–Kier alpha value is -1.21. The average Bonchev–Trinajstić information content (AvgIpc) is 2.99. The summed E-state index contributed by atoms with van der Waals surface area (Å²) in [6.07, 6.45) is 6.19. The number of likely N-dealkylation sites (tertiary alicyclic amines) is 1. The Morgan fingerprint density at radius 1 is 1.27 bits per heavy atom. The molecule has 5 fully saturated rings. The first-order valence-corrected chi connectivity index (χ1v) is 11.0. The zero-order valence-corrected chi connectivity index (χ0v) is 15.7. The van der Waals surface area contributed by atoms with Crippen LogP contribution in [0.2, 0.25) is 0 Å². The number of carbonyl (C=O) groups is 1. The number of amides is 1. The lowest BCUT2D eigenvalue weighted by molar-refractivity contribution is -0.127. The van der Waals surface area contributed by atoms with Gasteiger partial charge < -0.3 is 5.32 Å². The van der Waals surface area contributed by atoms with E-state index in [2.05, 4.69) is 16.2 Å². The molecular formula is C17H27N5O3S. The van der Waals surface area contributed by atoms with Gasteiger partial charge in [0.1, 0.15) is 0 Å². The molecular weight excluding hydrogens is 354 g/mol. The van der Waals surface area contributed by atoms with Gasteiger partial charge in [-0.1, -0.05) is 0 Å². The zero-order valence-electron chi connectivity index (χ0n) is 14.9. The van der Waals surface area contributed by atoms with Crippen LogP contribution in [0.1, 0.15) is 51.4 Å². The van der Waals surface area contributed by atoms with E-state index in [0.29, 0.717) is 31.1 Å². The Balaban J connectivity index is 1.51. The van der Waals surface area contributed by atoms with Crippen LogP contribution >= 0.6 is 0 Å². The highest BCUT2D eigenvalue weighted by Crippen LogP contribution is 2.60. The van der Waals surface area contributed by atoms with Gasteiger partial charge in [-0.05, 0) is 63.2 Å². The van der Waals surface area contributed by atoms with Crippen LogP contribution in [0.15, 0.2) is 0 Å². The van der Waals surface area contributed by atoms with Crippen molar-refractivity contribution in [2.75, 3.05) is 13.1 Å². The van der Waals surface area contributed by atoms with E-state index in [-0.39, 0.29) is 18.5 Å². The maximum absolute atomic E-state index is 12.7. The number of hydrazine groups is 1. The molecule has 1 amide bonds. The van der Waals surface area contributed by atoms with Gasteiger partial charge in [-0.2, -0.15) is 10.1 Å². The number of carbonyl (C=O) groups excluding carboxylic acids is 1. The summed E-state index contributed by atoms with van der Waals surface area (Å²) in [6.45, 7) is 0.976. The van der Waals surface area contributed by atoms with E-state index < -0.39 is 20.3 Å². The summed E-state index contributed by atoms with van der Waals surface area (Å²) in [6, 6.07) is 2.07. The summed E-state index contributed by atoms with van der Waals surface area (Å²) in [4.78, 5) is 16.7. The minimum Gasteiger partial charge on any atom is -0.349 e. The standard InChI is InChI=1S/C17H27N5O3S/c18-9-14-2-1-3-22(14)10-15(23)20-16-5-12-4-13(6-16)8-17(7-12,11-16)26(24,25)21-19/h12-14,21H,1-8,10-11,19H2,(H,20,23)/t12?,13?,14-,16?,17?/m0/s1. The molecule has 4 N–H and O–H groups in total. The van der Waals surface area contributed by atoms with Crippen LogP contribution < -0.4 is 16.0 Å². The summed E-state index contributed by atoms with van der Waals surface area (Å²) in [7, 11) is -3.60. The Morgan fingerprint density at radius 3 is 2.58 bits per heavy atom. The van der Waals surface area contributed by atoms with Gasteiger partial charge in [-0.25, -0.2) is 8.42 Å². The van der Waals surface area contributed by atoms with E-state index in [9.17, 15) is 18.5 Å². The van der Waals surface area contributed by atoms with Crippen molar-refractivity contribution in [3.05, 3.63) is 0 Å². The van der Waals surface area contributed by atoms with E-state index in [1.54, 1.807) is 0 Å². The molecule has 4 saturated carbocycles. The first-order valence-electron chi connectivity index (χ1n) is 9.47. The molecule has 144 valence electrons. The first-order chi connectivity index (χ1) is 12.3. The second-order valence-corrected chi connectivity index (χ2v) is 11.0. The number of hydrogen-bond donors (Lipinski definition) is 3. The monoisotopic (exact) mass is 381 g/mol. The third kappa shape index (κ3) is 2.83. The van der Waals surface area contributed by atoms with E-state index >= 15 is 0 Å². The number of nitrogens with one attached hydrogen (secondary N) is 2. The predicted octanol–water partition coefficient (Wildman–Crippen LogP) is -0.0249. The van der Waals surface area contributed by atoms with Gasteiger partial charge in [0.25, 0.3) is 0 Å². The average molecular weight is 382 g/mol. The van der Waals surface area contributed by atoms with Gasteiger partial charge in [0.2, 0.25) is 15.9 Å². The minimum atomic E-state index is -3.60. The van der Waals surface area contributed by atoms with Crippen molar-refractivity contribution >= 4 is 15.9 Å². The van der Waals surface area contributed by atoms with E-state index in [1.807, 2.05) is 4.90 Å². The van der Waals surface area contributed by atoms with Crippen molar-refractivity contribution in [1.82, 2.24) is 15.0 Å². The van der Waals surface area contributed by atoms with Crippen molar-refractivity contribution in [2.24, 2.45) is 17.7 Å². The number of rotatable bonds is 5. The van der Waals surface area contributed by atoms with Crippen molar-refractivity contribution < 1.29 is 13.2 Å². The van der Waals surface area contributed by atoms with Crippen molar-refractivity contribution in [2.45, 2.75) is 67.7 Å². The van der Waals surface area contributed by atoms with Crippen LogP contribution in [0, 0.1) is 23.2 Å². The van der Waals surface area contributed by atoms with E-state index in [4.69, 9.17) is 5.84 Å². The van der Waals surface area contributed by atoms with E-state index in [0.717, 1.165) is 38.6 Å². The molecule has 2 unspecified atom stereocenters. The van der Waals surface area contributed by atoms with Gasteiger partial charge in [-0.15, -0.1) is 0 Å². The summed E-state index contributed by atoms with van der Waals surface area (Å²) in [5.41, 5.74) is -0.451. The second kappa shape index (κ2) is 6.16. The maximum Gasteiger partial charge on any atom is 0.234 e. The smallest absolute Gasteiger partial charge is 0.234 e. The van der Waals surface area contributed by atoms with Crippen LogP contribution in [0.5, 0.6) is 0 Å². The number of nitrogens with two attached hydrogens (primary N) is 1. The molecule has 1 saturated heterocycles. The van der Waals surface area contributed by atoms with Crippen molar-refractivity contribution in [1.29, 1.82) is 5.26 Å². The summed E-state index contributed by atoms with van der Waals surface area (Å²) in [5, 5.41) is 12.4. The third-order valence-electron chi connectivity index (χ3n) is 7.00. The molecule has 0 aromatic rings. The fourth-order valence-corrected chi connectivity index (χ4v) is 8.07. The molecule has 9 heteroatoms. The summed E-state index contributed by atoms with van der Waals surface area (Å²) < 4.78 is 24.4. The maximum atomic E-state index is 12.7. The topological polar surface area (TPSA) is 128 Å². The molecule has 0 aromatic heterocycles. The van der Waals surface area contributed by atoms with Crippen LogP contribution in [-0.4, -0.2) is 48.6 Å². The lowest BCUT2D eigenvalue weighted by atomic mass is 9.52. The molecule has 0 spiro atoms. The Kier molecular flexibility index (Phi) is 4.30. The van der Waals surface area contributed by atoms with Crippen molar-refractivity contribution in [3.8, 4) is 6.07 Å². The highest BCUT2D eigenvalue weighted by atomic mass is 32.2. The fraction of sp³-hybridized carbons (Fsp3) is 0.882. The van der Waals surface area contributed by atoms with Gasteiger partial charge in [0.05, 0.1) is 23.4 Å². The molecule has 4 aliphatic carbocycles. The molecule has 0 radical (unpaired) electrons.